The molecule has 0 aliphatic carbocycles. The predicted octanol–water partition coefficient (Wildman–Crippen LogP) is 3.35. The maximum atomic E-state index is 13.8. The van der Waals surface area contributed by atoms with Crippen molar-refractivity contribution in [3.05, 3.63) is 53.1 Å². The molecule has 1 aromatic carbocycles. The first-order chi connectivity index (χ1) is 10.7. The van der Waals surface area contributed by atoms with Crippen molar-refractivity contribution in [2.45, 2.75) is 25.4 Å². The minimum atomic E-state index is -0.140. The second-order valence-corrected chi connectivity index (χ2v) is 5.97. The third kappa shape index (κ3) is 3.93. The molecule has 0 unspecified atom stereocenters. The lowest BCUT2D eigenvalue weighted by Crippen LogP contribution is -2.42. The smallest absolute Gasteiger partial charge is 0.222 e. The Kier molecular flexibility index (Phi) is 4.85. The van der Waals surface area contributed by atoms with E-state index in [1.54, 1.807) is 18.5 Å². The van der Waals surface area contributed by atoms with Crippen LogP contribution in [0.4, 0.5) is 10.3 Å². The molecule has 2 aromatic rings. The standard InChI is InChI=1S/C16H18ClFN4/c17-13-8-19-16(20-9-13)21-14-5-3-7-22(11-14)10-12-4-1-2-6-15(12)18/h1-2,4,6,8-9,14H,3,5,7,10-11H2,(H,19,20,21)/t14-/m0/s1. The molecule has 1 aliphatic heterocycles. The molecule has 0 spiro atoms. The molecule has 6 heteroatoms. The first-order valence-electron chi connectivity index (χ1n) is 7.40. The van der Waals surface area contributed by atoms with Crippen molar-refractivity contribution in [3.8, 4) is 0 Å². The largest absolute Gasteiger partial charge is 0.350 e. The first kappa shape index (κ1) is 15.2. The third-order valence-electron chi connectivity index (χ3n) is 3.81. The fraction of sp³-hybridized carbons (Fsp3) is 0.375. The molecule has 3 rings (SSSR count). The highest BCUT2D eigenvalue weighted by Crippen LogP contribution is 2.18. The average molecular weight is 321 g/mol. The fourth-order valence-electron chi connectivity index (χ4n) is 2.75. The van der Waals surface area contributed by atoms with Gasteiger partial charge in [-0.1, -0.05) is 29.8 Å². The van der Waals surface area contributed by atoms with Crippen LogP contribution in [0.2, 0.25) is 5.02 Å². The maximum absolute atomic E-state index is 13.8. The normalized spacial score (nSPS) is 19.1. The van der Waals surface area contributed by atoms with Gasteiger partial charge >= 0.3 is 0 Å². The van der Waals surface area contributed by atoms with Crippen LogP contribution in [0, 0.1) is 5.82 Å². The van der Waals surface area contributed by atoms with E-state index in [-0.39, 0.29) is 11.9 Å². The summed E-state index contributed by atoms with van der Waals surface area (Å²) in [4.78, 5) is 10.6. The first-order valence-corrected chi connectivity index (χ1v) is 7.78. The highest BCUT2D eigenvalue weighted by molar-refractivity contribution is 6.30. The zero-order valence-electron chi connectivity index (χ0n) is 12.2. The van der Waals surface area contributed by atoms with Crippen LogP contribution in [0.5, 0.6) is 0 Å². The summed E-state index contributed by atoms with van der Waals surface area (Å²) in [5, 5.41) is 3.85. The molecule has 1 aromatic heterocycles. The number of piperidine rings is 1. The summed E-state index contributed by atoms with van der Waals surface area (Å²) in [7, 11) is 0. The van der Waals surface area contributed by atoms with Crippen LogP contribution in [-0.2, 0) is 6.54 Å². The number of hydrogen-bond donors (Lipinski definition) is 1. The molecule has 4 nitrogen and oxygen atoms in total. The Morgan fingerprint density at radius 3 is 2.82 bits per heavy atom. The Morgan fingerprint density at radius 2 is 2.05 bits per heavy atom. The topological polar surface area (TPSA) is 41.0 Å². The van der Waals surface area contributed by atoms with Gasteiger partial charge in [-0.25, -0.2) is 14.4 Å². The molecule has 116 valence electrons. The molecule has 1 fully saturated rings. The van der Waals surface area contributed by atoms with Crippen LogP contribution >= 0.6 is 11.6 Å². The van der Waals surface area contributed by atoms with Gasteiger partial charge in [-0.3, -0.25) is 4.90 Å². The van der Waals surface area contributed by atoms with Crippen molar-refractivity contribution in [1.82, 2.24) is 14.9 Å². The Balaban J connectivity index is 1.59. The second kappa shape index (κ2) is 7.03. The molecule has 1 aliphatic rings. The zero-order valence-corrected chi connectivity index (χ0v) is 12.9. The van der Waals surface area contributed by atoms with Gasteiger partial charge in [0.1, 0.15) is 5.82 Å². The van der Waals surface area contributed by atoms with E-state index in [0.717, 1.165) is 31.5 Å². The lowest BCUT2D eigenvalue weighted by molar-refractivity contribution is 0.206. The van der Waals surface area contributed by atoms with Crippen molar-refractivity contribution < 1.29 is 4.39 Å². The molecule has 2 heterocycles. The fourth-order valence-corrected chi connectivity index (χ4v) is 2.85. The number of rotatable bonds is 4. The van der Waals surface area contributed by atoms with E-state index >= 15 is 0 Å². The average Bonchev–Trinajstić information content (AvgIpc) is 2.52. The van der Waals surface area contributed by atoms with Gasteiger partial charge in [0.2, 0.25) is 5.95 Å². The number of halogens is 2. The Bertz CT molecular complexity index is 620. The zero-order chi connectivity index (χ0) is 15.4. The predicted molar refractivity (Wildman–Crippen MR) is 85.4 cm³/mol. The van der Waals surface area contributed by atoms with Crippen molar-refractivity contribution in [3.63, 3.8) is 0 Å². The third-order valence-corrected chi connectivity index (χ3v) is 4.01. The summed E-state index contributed by atoms with van der Waals surface area (Å²) in [6.45, 7) is 2.46. The second-order valence-electron chi connectivity index (χ2n) is 5.53. The van der Waals surface area contributed by atoms with Gasteiger partial charge in [-0.05, 0) is 25.5 Å². The lowest BCUT2D eigenvalue weighted by atomic mass is 10.0. The minimum absolute atomic E-state index is 0.140. The molecule has 22 heavy (non-hydrogen) atoms. The highest BCUT2D eigenvalue weighted by Gasteiger charge is 2.21. The molecule has 0 radical (unpaired) electrons. The lowest BCUT2D eigenvalue weighted by Gasteiger charge is -2.33. The number of benzene rings is 1. The molecule has 1 saturated heterocycles. The minimum Gasteiger partial charge on any atom is -0.350 e. The molecular weight excluding hydrogens is 303 g/mol. The van der Waals surface area contributed by atoms with E-state index in [1.165, 1.54) is 6.07 Å². The van der Waals surface area contributed by atoms with Gasteiger partial charge in [0.15, 0.2) is 0 Å². The Labute approximate surface area is 134 Å². The number of likely N-dealkylation sites (tertiary alicyclic amines) is 1. The van der Waals surface area contributed by atoms with Crippen LogP contribution in [0.15, 0.2) is 36.7 Å². The number of nitrogens with zero attached hydrogens (tertiary/aromatic N) is 3. The van der Waals surface area contributed by atoms with Crippen molar-refractivity contribution in [2.24, 2.45) is 0 Å². The number of aromatic nitrogens is 2. The van der Waals surface area contributed by atoms with Crippen LogP contribution in [0.1, 0.15) is 18.4 Å². The van der Waals surface area contributed by atoms with Crippen LogP contribution in [0.3, 0.4) is 0 Å². The van der Waals surface area contributed by atoms with E-state index in [0.29, 0.717) is 17.5 Å². The number of hydrogen-bond acceptors (Lipinski definition) is 4. The Hall–Kier alpha value is -1.72. The SMILES string of the molecule is Fc1ccccc1CN1CCC[C@H](Nc2ncc(Cl)cn2)C1. The summed E-state index contributed by atoms with van der Waals surface area (Å²) in [5.41, 5.74) is 0.742. The van der Waals surface area contributed by atoms with Gasteiger partial charge in [0.25, 0.3) is 0 Å². The monoisotopic (exact) mass is 320 g/mol. The van der Waals surface area contributed by atoms with Crippen LogP contribution in [0.25, 0.3) is 0 Å². The summed E-state index contributed by atoms with van der Waals surface area (Å²) in [5.74, 6) is 0.445. The van der Waals surface area contributed by atoms with Crippen molar-refractivity contribution in [2.75, 3.05) is 18.4 Å². The van der Waals surface area contributed by atoms with Gasteiger partial charge in [-0.2, -0.15) is 0 Å². The van der Waals surface area contributed by atoms with E-state index in [4.69, 9.17) is 11.6 Å². The quantitative estimate of drug-likeness (QED) is 0.938. The molecule has 0 saturated carbocycles. The van der Waals surface area contributed by atoms with Gasteiger partial charge in [0.05, 0.1) is 17.4 Å². The number of nitrogens with one attached hydrogen (secondary N) is 1. The Morgan fingerprint density at radius 1 is 1.27 bits per heavy atom. The summed E-state index contributed by atoms with van der Waals surface area (Å²) in [6.07, 6.45) is 5.28. The van der Waals surface area contributed by atoms with E-state index < -0.39 is 0 Å². The number of anilines is 1. The van der Waals surface area contributed by atoms with Crippen LogP contribution < -0.4 is 5.32 Å². The van der Waals surface area contributed by atoms with Gasteiger partial charge < -0.3 is 5.32 Å². The molecule has 0 bridgehead atoms. The van der Waals surface area contributed by atoms with Gasteiger partial charge in [0, 0.05) is 24.7 Å². The van der Waals surface area contributed by atoms with E-state index in [2.05, 4.69) is 20.2 Å². The molecule has 0 amide bonds. The molecule has 1 atom stereocenters. The van der Waals surface area contributed by atoms with Crippen LogP contribution in [-0.4, -0.2) is 34.0 Å². The van der Waals surface area contributed by atoms with Gasteiger partial charge in [-0.15, -0.1) is 0 Å². The molecule has 1 N–H and O–H groups in total. The highest BCUT2D eigenvalue weighted by atomic mass is 35.5. The van der Waals surface area contributed by atoms with Crippen molar-refractivity contribution in [1.29, 1.82) is 0 Å². The summed E-state index contributed by atoms with van der Waals surface area (Å²) >= 11 is 5.79. The van der Waals surface area contributed by atoms with E-state index in [9.17, 15) is 4.39 Å². The molecular formula is C16H18ClFN4. The summed E-state index contributed by atoms with van der Waals surface area (Å²) in [6, 6.07) is 7.21. The van der Waals surface area contributed by atoms with E-state index in [1.807, 2.05) is 12.1 Å². The summed E-state index contributed by atoms with van der Waals surface area (Å²) < 4.78 is 13.8. The maximum Gasteiger partial charge on any atom is 0.222 e. The van der Waals surface area contributed by atoms with Crippen molar-refractivity contribution >= 4 is 17.5 Å².